The van der Waals surface area contributed by atoms with Crippen molar-refractivity contribution in [2.24, 2.45) is 16.6 Å². The number of carbonyl (C=O) groups is 6. The van der Waals surface area contributed by atoms with E-state index in [9.17, 15) is 28.8 Å². The summed E-state index contributed by atoms with van der Waals surface area (Å²) in [6.45, 7) is 16.1. The molecule has 0 bridgehead atoms. The fourth-order valence-electron chi connectivity index (χ4n) is 11.8. The van der Waals surface area contributed by atoms with Gasteiger partial charge in [-0.2, -0.15) is 0 Å². The number of hydrogen-bond donors (Lipinski definition) is 4. The van der Waals surface area contributed by atoms with Crippen LogP contribution in [0, 0.1) is 10.8 Å². The fourth-order valence-corrected chi connectivity index (χ4v) is 15.0. The van der Waals surface area contributed by atoms with Crippen molar-refractivity contribution in [3.05, 3.63) is 70.8 Å². The van der Waals surface area contributed by atoms with Gasteiger partial charge in [0.05, 0.1) is 41.1 Å². The second kappa shape index (κ2) is 22.5. The predicted molar refractivity (Wildman–Crippen MR) is 283 cm³/mol. The van der Waals surface area contributed by atoms with Crippen LogP contribution >= 0.6 is 23.5 Å². The number of likely N-dealkylation sites (N-methyl/N-ethyl adjacent to an activating group) is 1. The number of thioether (sulfide) groups is 2. The lowest BCUT2D eigenvalue weighted by atomic mass is 9.83. The van der Waals surface area contributed by atoms with Crippen molar-refractivity contribution in [1.82, 2.24) is 30.7 Å². The molecule has 400 valence electrons. The number of nitrogens with one attached hydrogen (secondary N) is 3. The number of hydrogen-bond acceptors (Lipinski definition) is 12. The van der Waals surface area contributed by atoms with E-state index in [2.05, 4.69) is 48.0 Å². The fraction of sp³-hybridized carbons (Fsp3) is 0.673. The minimum absolute atomic E-state index is 0.0658. The normalized spacial score (nSPS) is 29.5. The van der Waals surface area contributed by atoms with Gasteiger partial charge in [0.2, 0.25) is 29.5 Å². The van der Waals surface area contributed by atoms with E-state index >= 15 is 0 Å². The number of benzene rings is 2. The molecule has 4 heterocycles. The molecule has 16 nitrogen and oxygen atoms in total. The highest BCUT2D eigenvalue weighted by Gasteiger charge is 2.56. The second-order valence-corrected chi connectivity index (χ2v) is 25.9. The van der Waals surface area contributed by atoms with Gasteiger partial charge >= 0.3 is 6.09 Å². The Balaban J connectivity index is 0.833. The highest BCUT2D eigenvalue weighted by Crippen LogP contribution is 2.48. The molecule has 18 heteroatoms. The Morgan fingerprint density at radius 2 is 1.19 bits per heavy atom. The van der Waals surface area contributed by atoms with Crippen molar-refractivity contribution < 1.29 is 43.0 Å². The standard InChI is InChI=1S/C55H79N7O9S2/c1-32(60(9)52(68)71-53(2,3)4)47(63)57-38-23-27-73-42-31-55(7,8)46(62(42)51(38)67)49(65)59-44-36-21-15-13-19-34(36)29-40(44)70-25-17-11-10-16-24-69-39-28-33-18-12-14-20-35(33)43(39)58-48(64)45-54(5,6)30-41-61(45)50(66)37(56)22-26-72-41/h12-15,18-21,32,37-46H,10-11,16-17,22-31,56H2,1-9H3,(H,57,63)(H,58,64)(H,59,65)/t32-,37-,38-,39+,40+,41-,42-,43-,44-,45+,46+/m0/s1. The summed E-state index contributed by atoms with van der Waals surface area (Å²) in [6, 6.07) is 11.8. The zero-order chi connectivity index (χ0) is 52.6. The van der Waals surface area contributed by atoms with Crippen molar-refractivity contribution in [3.63, 3.8) is 0 Å². The van der Waals surface area contributed by atoms with Crippen LogP contribution in [0.2, 0.25) is 0 Å². The molecule has 8 rings (SSSR count). The number of fused-ring (bicyclic) bond motifs is 4. The summed E-state index contributed by atoms with van der Waals surface area (Å²) in [7, 11) is 1.50. The third-order valence-electron chi connectivity index (χ3n) is 15.8. The predicted octanol–water partition coefficient (Wildman–Crippen LogP) is 6.39. The van der Waals surface area contributed by atoms with Gasteiger partial charge in [0, 0.05) is 33.1 Å². The summed E-state index contributed by atoms with van der Waals surface area (Å²) in [6.07, 6.45) is 6.06. The summed E-state index contributed by atoms with van der Waals surface area (Å²) in [5.41, 5.74) is 8.93. The van der Waals surface area contributed by atoms with Crippen LogP contribution in [0.3, 0.4) is 0 Å². The molecule has 0 unspecified atom stereocenters. The van der Waals surface area contributed by atoms with Crippen LogP contribution in [-0.2, 0) is 51.0 Å². The van der Waals surface area contributed by atoms with Crippen LogP contribution in [0.15, 0.2) is 48.5 Å². The summed E-state index contributed by atoms with van der Waals surface area (Å²) in [5.74, 6) is 0.0898. The number of nitrogens with two attached hydrogens (primary N) is 1. The highest BCUT2D eigenvalue weighted by molar-refractivity contribution is 8.00. The summed E-state index contributed by atoms with van der Waals surface area (Å²) in [4.78, 5) is 88.0. The van der Waals surface area contributed by atoms with E-state index in [-0.39, 0.29) is 52.6 Å². The Bertz CT molecular complexity index is 2380. The molecule has 4 saturated heterocycles. The highest BCUT2D eigenvalue weighted by atomic mass is 32.2. The van der Waals surface area contributed by atoms with Crippen LogP contribution in [0.25, 0.3) is 0 Å². The van der Waals surface area contributed by atoms with Crippen LogP contribution in [-0.4, -0.2) is 141 Å². The lowest BCUT2D eigenvalue weighted by molar-refractivity contribution is -0.144. The van der Waals surface area contributed by atoms with Gasteiger partial charge in [0.15, 0.2) is 0 Å². The number of unbranched alkanes of at least 4 members (excludes halogenated alkanes) is 3. The maximum atomic E-state index is 14.7. The second-order valence-electron chi connectivity index (χ2n) is 23.4. The zero-order valence-corrected chi connectivity index (χ0v) is 45.9. The summed E-state index contributed by atoms with van der Waals surface area (Å²) < 4.78 is 18.6. The van der Waals surface area contributed by atoms with Crippen molar-refractivity contribution in [1.29, 1.82) is 0 Å². The van der Waals surface area contributed by atoms with E-state index < -0.39 is 64.7 Å². The minimum atomic E-state index is -0.897. The van der Waals surface area contributed by atoms with E-state index in [0.717, 1.165) is 60.1 Å². The minimum Gasteiger partial charge on any atom is -0.444 e. The monoisotopic (exact) mass is 1050 g/mol. The molecule has 73 heavy (non-hydrogen) atoms. The van der Waals surface area contributed by atoms with E-state index in [0.29, 0.717) is 51.1 Å². The lowest BCUT2D eigenvalue weighted by Gasteiger charge is -2.35. The Hall–Kier alpha value is -4.36. The van der Waals surface area contributed by atoms with Crippen molar-refractivity contribution >= 4 is 59.2 Å². The molecule has 5 N–H and O–H groups in total. The third kappa shape index (κ3) is 12.0. The molecule has 11 atom stereocenters. The molecule has 4 aliphatic heterocycles. The van der Waals surface area contributed by atoms with E-state index in [4.69, 9.17) is 19.9 Å². The smallest absolute Gasteiger partial charge is 0.410 e. The molecule has 0 saturated carbocycles. The van der Waals surface area contributed by atoms with Gasteiger partial charge in [0.1, 0.15) is 29.8 Å². The molecule has 6 aliphatic rings. The maximum Gasteiger partial charge on any atom is 0.410 e. The van der Waals surface area contributed by atoms with Crippen LogP contribution < -0.4 is 21.7 Å². The number of nitrogens with zero attached hydrogens (tertiary/aromatic N) is 3. The number of carbonyl (C=O) groups excluding carboxylic acids is 6. The van der Waals surface area contributed by atoms with Crippen LogP contribution in [0.1, 0.15) is 141 Å². The maximum absolute atomic E-state index is 14.7. The third-order valence-corrected chi connectivity index (χ3v) is 18.3. The van der Waals surface area contributed by atoms with Crippen LogP contribution in [0.5, 0.6) is 0 Å². The number of ether oxygens (including phenoxy) is 3. The molecule has 0 aromatic heterocycles. The van der Waals surface area contributed by atoms with Gasteiger partial charge in [-0.1, -0.05) is 89.1 Å². The molecule has 0 radical (unpaired) electrons. The van der Waals surface area contributed by atoms with Crippen LogP contribution in [0.4, 0.5) is 4.79 Å². The summed E-state index contributed by atoms with van der Waals surface area (Å²) >= 11 is 3.35. The lowest BCUT2D eigenvalue weighted by Crippen LogP contribution is -2.58. The first-order valence-electron chi connectivity index (χ1n) is 26.4. The van der Waals surface area contributed by atoms with Gasteiger partial charge in [-0.3, -0.25) is 28.9 Å². The Morgan fingerprint density at radius 3 is 1.68 bits per heavy atom. The summed E-state index contributed by atoms with van der Waals surface area (Å²) in [5, 5.41) is 9.32. The Morgan fingerprint density at radius 1 is 0.726 bits per heavy atom. The Kier molecular flexibility index (Phi) is 16.9. The largest absolute Gasteiger partial charge is 0.444 e. The topological polar surface area (TPSA) is 202 Å². The molecule has 2 aromatic carbocycles. The molecule has 6 amide bonds. The van der Waals surface area contributed by atoms with Gasteiger partial charge in [-0.15, -0.1) is 23.5 Å². The molecule has 2 aliphatic carbocycles. The van der Waals surface area contributed by atoms with Crippen molar-refractivity contribution in [3.8, 4) is 0 Å². The number of amides is 6. The van der Waals surface area contributed by atoms with E-state index in [1.54, 1.807) is 61.0 Å². The molecular formula is C55H79N7O9S2. The molecule has 0 spiro atoms. The average Bonchev–Trinajstić information content (AvgIpc) is 3.97. The van der Waals surface area contributed by atoms with E-state index in [1.807, 2.05) is 44.2 Å². The zero-order valence-electron chi connectivity index (χ0n) is 44.3. The van der Waals surface area contributed by atoms with Gasteiger partial charge in [-0.25, -0.2) is 4.79 Å². The Labute approximate surface area is 440 Å². The van der Waals surface area contributed by atoms with Gasteiger partial charge < -0.3 is 45.7 Å². The number of rotatable bonds is 16. The van der Waals surface area contributed by atoms with Gasteiger partial charge in [0.25, 0.3) is 0 Å². The van der Waals surface area contributed by atoms with Gasteiger partial charge in [-0.05, 0) is 111 Å². The molecular weight excluding hydrogens is 967 g/mol. The first-order chi connectivity index (χ1) is 34.6. The first-order valence-corrected chi connectivity index (χ1v) is 28.5. The van der Waals surface area contributed by atoms with Crippen molar-refractivity contribution in [2.45, 2.75) is 190 Å². The quantitative estimate of drug-likeness (QED) is 0.135. The molecule has 4 fully saturated rings. The molecule has 2 aromatic rings. The van der Waals surface area contributed by atoms with Crippen molar-refractivity contribution in [2.75, 3.05) is 31.8 Å². The van der Waals surface area contributed by atoms with E-state index in [1.165, 1.54) is 11.9 Å². The SMILES string of the molecule is C[C@@H](C(=O)N[C@H]1CCS[C@H]2CC(C)(C)[C@@H](C(=O)N[C@H]3c4ccccc4C[C@H]3OCCCCCCO[C@@H]3Cc4ccccc4[C@@H]3NC(=O)[C@H]3N4C(=O)[C@@H](N)CCS[C@H]4CC3(C)C)N2C1=O)N(C)C(=O)OC(C)(C)C. The average molecular weight is 1050 g/mol. The first kappa shape index (κ1) is 54.9.